The molecule has 100 valence electrons. The second-order valence-corrected chi connectivity index (χ2v) is 5.03. The van der Waals surface area contributed by atoms with Crippen molar-refractivity contribution in [3.05, 3.63) is 45.6 Å². The van der Waals surface area contributed by atoms with E-state index in [1.54, 1.807) is 36.0 Å². The van der Waals surface area contributed by atoms with Gasteiger partial charge in [0.05, 0.1) is 12.1 Å². The van der Waals surface area contributed by atoms with Gasteiger partial charge in [0.2, 0.25) is 5.91 Å². The largest absolute Gasteiger partial charge is 0.311 e. The molecule has 0 atom stereocenters. The summed E-state index contributed by atoms with van der Waals surface area (Å²) in [6.45, 7) is 1.86. The van der Waals surface area contributed by atoms with Gasteiger partial charge < -0.3 is 5.32 Å². The van der Waals surface area contributed by atoms with Gasteiger partial charge in [-0.2, -0.15) is 5.10 Å². The van der Waals surface area contributed by atoms with Gasteiger partial charge in [0, 0.05) is 23.2 Å². The van der Waals surface area contributed by atoms with E-state index >= 15 is 0 Å². The van der Waals surface area contributed by atoms with E-state index in [1.807, 2.05) is 6.92 Å². The molecule has 19 heavy (non-hydrogen) atoms. The Kier molecular flexibility index (Phi) is 4.12. The zero-order valence-corrected chi connectivity index (χ0v) is 12.1. The Morgan fingerprint density at radius 1 is 1.37 bits per heavy atom. The van der Waals surface area contributed by atoms with E-state index in [9.17, 15) is 4.79 Å². The molecule has 1 N–H and O–H groups in total. The Morgan fingerprint density at radius 3 is 2.53 bits per heavy atom. The standard InChI is InChI=1S/C13H13Cl2N3O/c1-8-6-12(18(2)17-8)16-13(19)7-9-10(14)4-3-5-11(9)15/h3-6H,7H2,1-2H3,(H,16,19). The molecular formula is C13H13Cl2N3O. The molecule has 2 rings (SSSR count). The summed E-state index contributed by atoms with van der Waals surface area (Å²) in [5.74, 6) is 0.462. The van der Waals surface area contributed by atoms with E-state index < -0.39 is 0 Å². The SMILES string of the molecule is Cc1cc(NC(=O)Cc2c(Cl)cccc2Cl)n(C)n1. The number of halogens is 2. The summed E-state index contributed by atoms with van der Waals surface area (Å²) in [7, 11) is 1.77. The highest BCUT2D eigenvalue weighted by Crippen LogP contribution is 2.25. The normalized spacial score (nSPS) is 10.5. The fourth-order valence-electron chi connectivity index (χ4n) is 1.78. The molecule has 1 amide bonds. The zero-order chi connectivity index (χ0) is 14.0. The predicted octanol–water partition coefficient (Wildman–Crippen LogP) is 3.22. The minimum atomic E-state index is -0.182. The van der Waals surface area contributed by atoms with Gasteiger partial charge in [-0.3, -0.25) is 9.48 Å². The first-order valence-electron chi connectivity index (χ1n) is 5.70. The van der Waals surface area contributed by atoms with Crippen molar-refractivity contribution in [2.24, 2.45) is 7.05 Å². The molecule has 1 heterocycles. The maximum Gasteiger partial charge on any atom is 0.230 e. The van der Waals surface area contributed by atoms with Crippen molar-refractivity contribution in [3.8, 4) is 0 Å². The van der Waals surface area contributed by atoms with E-state index in [4.69, 9.17) is 23.2 Å². The highest BCUT2D eigenvalue weighted by Gasteiger charge is 2.12. The third kappa shape index (κ3) is 3.28. The minimum absolute atomic E-state index is 0.128. The van der Waals surface area contributed by atoms with Gasteiger partial charge in [-0.25, -0.2) is 0 Å². The Morgan fingerprint density at radius 2 is 2.00 bits per heavy atom. The predicted molar refractivity (Wildman–Crippen MR) is 76.7 cm³/mol. The molecule has 0 spiro atoms. The number of carbonyl (C=O) groups excluding carboxylic acids is 1. The number of benzene rings is 1. The van der Waals surface area contributed by atoms with Crippen molar-refractivity contribution in [2.75, 3.05) is 5.32 Å². The molecule has 0 saturated heterocycles. The summed E-state index contributed by atoms with van der Waals surface area (Å²) < 4.78 is 1.61. The molecule has 2 aromatic rings. The highest BCUT2D eigenvalue weighted by molar-refractivity contribution is 6.36. The van der Waals surface area contributed by atoms with Crippen LogP contribution in [0.3, 0.4) is 0 Å². The molecule has 4 nitrogen and oxygen atoms in total. The summed E-state index contributed by atoms with van der Waals surface area (Å²) in [6, 6.07) is 6.97. The van der Waals surface area contributed by atoms with Crippen LogP contribution in [-0.2, 0) is 18.3 Å². The maximum atomic E-state index is 12.0. The van der Waals surface area contributed by atoms with E-state index in [0.717, 1.165) is 5.69 Å². The number of aromatic nitrogens is 2. The summed E-state index contributed by atoms with van der Waals surface area (Å²) in [5, 5.41) is 7.91. The van der Waals surface area contributed by atoms with Crippen molar-refractivity contribution in [1.82, 2.24) is 9.78 Å². The summed E-state index contributed by atoms with van der Waals surface area (Å²) in [4.78, 5) is 12.0. The summed E-state index contributed by atoms with van der Waals surface area (Å²) in [5.41, 5.74) is 1.47. The first-order valence-corrected chi connectivity index (χ1v) is 6.46. The van der Waals surface area contributed by atoms with Crippen LogP contribution in [-0.4, -0.2) is 15.7 Å². The van der Waals surface area contributed by atoms with Crippen molar-refractivity contribution >= 4 is 34.9 Å². The monoisotopic (exact) mass is 297 g/mol. The van der Waals surface area contributed by atoms with Crippen LogP contribution in [0.5, 0.6) is 0 Å². The van der Waals surface area contributed by atoms with E-state index in [1.165, 1.54) is 0 Å². The van der Waals surface area contributed by atoms with Gasteiger partial charge >= 0.3 is 0 Å². The first-order chi connectivity index (χ1) is 8.97. The number of nitrogens with zero attached hydrogens (tertiary/aromatic N) is 2. The summed E-state index contributed by atoms with van der Waals surface area (Å²) in [6.07, 6.45) is 0.128. The molecule has 1 aromatic heterocycles. The van der Waals surface area contributed by atoms with Crippen molar-refractivity contribution in [1.29, 1.82) is 0 Å². The van der Waals surface area contributed by atoms with Gasteiger partial charge in [0.15, 0.2) is 0 Å². The first kappa shape index (κ1) is 13.9. The molecule has 1 aromatic carbocycles. The third-order valence-corrected chi connectivity index (χ3v) is 3.38. The summed E-state index contributed by atoms with van der Waals surface area (Å²) >= 11 is 12.1. The fraction of sp³-hybridized carbons (Fsp3) is 0.231. The fourth-order valence-corrected chi connectivity index (χ4v) is 2.31. The molecule has 0 aliphatic rings. The van der Waals surface area contributed by atoms with Gasteiger partial charge in [-0.05, 0) is 24.6 Å². The molecule has 0 radical (unpaired) electrons. The quantitative estimate of drug-likeness (QED) is 0.945. The number of rotatable bonds is 3. The van der Waals surface area contributed by atoms with Crippen LogP contribution in [0.25, 0.3) is 0 Å². The second kappa shape index (κ2) is 5.63. The Balaban J connectivity index is 2.12. The van der Waals surface area contributed by atoms with Crippen molar-refractivity contribution in [2.45, 2.75) is 13.3 Å². The van der Waals surface area contributed by atoms with Crippen LogP contribution in [0.15, 0.2) is 24.3 Å². The molecule has 6 heteroatoms. The van der Waals surface area contributed by atoms with Crippen molar-refractivity contribution < 1.29 is 4.79 Å². The number of aryl methyl sites for hydroxylation is 2. The number of hydrogen-bond donors (Lipinski definition) is 1. The Labute approximate surface area is 121 Å². The smallest absolute Gasteiger partial charge is 0.230 e. The van der Waals surface area contributed by atoms with E-state index in [0.29, 0.717) is 21.4 Å². The number of anilines is 1. The number of carbonyl (C=O) groups is 1. The second-order valence-electron chi connectivity index (χ2n) is 4.22. The van der Waals surface area contributed by atoms with E-state index in [-0.39, 0.29) is 12.3 Å². The third-order valence-electron chi connectivity index (χ3n) is 2.67. The van der Waals surface area contributed by atoms with Crippen LogP contribution in [0, 0.1) is 6.92 Å². The maximum absolute atomic E-state index is 12.0. The van der Waals surface area contributed by atoms with Gasteiger partial charge in [-0.15, -0.1) is 0 Å². The highest BCUT2D eigenvalue weighted by atomic mass is 35.5. The van der Waals surface area contributed by atoms with Crippen molar-refractivity contribution in [3.63, 3.8) is 0 Å². The number of hydrogen-bond acceptors (Lipinski definition) is 2. The van der Waals surface area contributed by atoms with Crippen LogP contribution >= 0.6 is 23.2 Å². The molecule has 0 fully saturated rings. The zero-order valence-electron chi connectivity index (χ0n) is 10.6. The lowest BCUT2D eigenvalue weighted by Crippen LogP contribution is -2.17. The molecular weight excluding hydrogens is 285 g/mol. The van der Waals surface area contributed by atoms with Gasteiger partial charge in [0.25, 0.3) is 0 Å². The molecule has 0 aliphatic heterocycles. The molecule has 0 aliphatic carbocycles. The Bertz CT molecular complexity index is 602. The average molecular weight is 298 g/mol. The van der Waals surface area contributed by atoms with E-state index in [2.05, 4.69) is 10.4 Å². The molecule has 0 unspecified atom stereocenters. The van der Waals surface area contributed by atoms with Crippen LogP contribution < -0.4 is 5.32 Å². The Hall–Kier alpha value is -1.52. The number of nitrogens with one attached hydrogen (secondary N) is 1. The topological polar surface area (TPSA) is 46.9 Å². The molecule has 0 bridgehead atoms. The van der Waals surface area contributed by atoms with Gasteiger partial charge in [0.1, 0.15) is 5.82 Å². The minimum Gasteiger partial charge on any atom is -0.311 e. The van der Waals surface area contributed by atoms with Gasteiger partial charge in [-0.1, -0.05) is 29.3 Å². The van der Waals surface area contributed by atoms with Crippen LogP contribution in [0.4, 0.5) is 5.82 Å². The lowest BCUT2D eigenvalue weighted by atomic mass is 10.1. The van der Waals surface area contributed by atoms with Crippen LogP contribution in [0.2, 0.25) is 10.0 Å². The lowest BCUT2D eigenvalue weighted by molar-refractivity contribution is -0.115. The molecule has 0 saturated carbocycles. The van der Waals surface area contributed by atoms with Crippen LogP contribution in [0.1, 0.15) is 11.3 Å². The number of amides is 1. The average Bonchev–Trinajstić information content (AvgIpc) is 2.63. The lowest BCUT2D eigenvalue weighted by Gasteiger charge is -2.08.